The molecule has 1 heterocycles. The molecule has 0 unspecified atom stereocenters. The van der Waals surface area contributed by atoms with Crippen LogP contribution in [0.3, 0.4) is 0 Å². The third-order valence-corrected chi connectivity index (χ3v) is 6.33. The van der Waals surface area contributed by atoms with E-state index in [2.05, 4.69) is 26.2 Å². The molecule has 0 saturated heterocycles. The molecule has 0 spiro atoms. The van der Waals surface area contributed by atoms with Gasteiger partial charge < -0.3 is 19.3 Å². The molecule has 2 aromatic carbocycles. The van der Waals surface area contributed by atoms with Crippen molar-refractivity contribution in [1.29, 1.82) is 0 Å². The minimum atomic E-state index is -4.41. The van der Waals surface area contributed by atoms with E-state index >= 15 is 0 Å². The van der Waals surface area contributed by atoms with Gasteiger partial charge in [0, 0.05) is 24.8 Å². The molecule has 0 amide bonds. The number of unbranched alkanes of at least 4 members (excludes halogenated alkanes) is 1. The molecule has 34 heavy (non-hydrogen) atoms. The maximum Gasteiger partial charge on any atom is 0.409 e. The van der Waals surface area contributed by atoms with Crippen LogP contribution in [0.5, 0.6) is 5.75 Å². The van der Waals surface area contributed by atoms with Gasteiger partial charge in [0.05, 0.1) is 37.7 Å². The number of aromatic nitrogens is 1. The van der Waals surface area contributed by atoms with Crippen LogP contribution in [-0.4, -0.2) is 52.0 Å². The lowest BCUT2D eigenvalue weighted by atomic mass is 10.2. The zero-order valence-electron chi connectivity index (χ0n) is 19.7. The number of nitrogens with zero attached hydrogens (tertiary/aromatic N) is 4. The van der Waals surface area contributed by atoms with E-state index in [1.807, 2.05) is 54.1 Å². The first-order chi connectivity index (χ1) is 16.2. The summed E-state index contributed by atoms with van der Waals surface area (Å²) in [6, 6.07) is 14.0. The van der Waals surface area contributed by atoms with E-state index in [9.17, 15) is 18.1 Å². The Morgan fingerprint density at radius 3 is 2.35 bits per heavy atom. The summed E-state index contributed by atoms with van der Waals surface area (Å²) in [7, 11) is 0.0548. The smallest absolute Gasteiger partial charge is 0.409 e. The maximum absolute atomic E-state index is 9.30. The minimum Gasteiger partial charge on any atom is -0.726 e. The Hall–Kier alpha value is -2.64. The number of anilines is 1. The quantitative estimate of drug-likeness (QED) is 0.190. The molecule has 0 saturated carbocycles. The predicted molar refractivity (Wildman–Crippen MR) is 131 cm³/mol. The highest BCUT2D eigenvalue weighted by molar-refractivity contribution is 7.80. The summed E-state index contributed by atoms with van der Waals surface area (Å²) >= 11 is 1.58. The van der Waals surface area contributed by atoms with Crippen LogP contribution in [0, 0.1) is 0 Å². The van der Waals surface area contributed by atoms with Crippen molar-refractivity contribution in [2.75, 3.05) is 38.8 Å². The van der Waals surface area contributed by atoms with E-state index in [-0.39, 0.29) is 6.61 Å². The molecule has 0 radical (unpaired) electrons. The molecule has 0 bridgehead atoms. The number of thiazole rings is 1. The second-order valence-corrected chi connectivity index (χ2v) is 9.29. The fraction of sp³-hybridized carbons (Fsp3) is 0.409. The van der Waals surface area contributed by atoms with Crippen molar-refractivity contribution in [2.45, 2.75) is 19.8 Å². The number of benzene rings is 2. The first kappa shape index (κ1) is 27.6. The molecule has 0 atom stereocenters. The summed E-state index contributed by atoms with van der Waals surface area (Å²) in [4.78, 5) is 2.20. The monoisotopic (exact) mass is 510 g/mol. The average Bonchev–Trinajstić information content (AvgIpc) is 3.15. The van der Waals surface area contributed by atoms with Gasteiger partial charge >= 0.3 is 5.13 Å². The van der Waals surface area contributed by atoms with Gasteiger partial charge in [0.25, 0.3) is 0 Å². The van der Waals surface area contributed by atoms with Gasteiger partial charge in [-0.25, -0.2) is 13.0 Å². The lowest BCUT2D eigenvalue weighted by Crippen LogP contribution is -2.27. The van der Waals surface area contributed by atoms with Gasteiger partial charge in [-0.3, -0.25) is 4.18 Å². The second-order valence-electron chi connectivity index (χ2n) is 7.13. The van der Waals surface area contributed by atoms with Crippen molar-refractivity contribution in [3.05, 3.63) is 42.5 Å². The molecule has 3 rings (SSSR count). The van der Waals surface area contributed by atoms with Gasteiger partial charge in [-0.2, -0.15) is 0 Å². The minimum absolute atomic E-state index is 0.151. The summed E-state index contributed by atoms with van der Waals surface area (Å²) in [5, 5.41) is 19.0. The standard InChI is InChI=1S/C21H27N4O2S.CH4O4S/c1-4-5-12-25(13-14-26)17-8-6-16(7-9-17)22-23-21-24(2)19-11-10-18(27-3)15-20(19)28-21;1-5-6(2,3)4/h6-11,15,26H,4-5,12-14H2,1-3H3;1H3,(H,2,3,4)/q+1;/p-1. The number of fused-ring (bicyclic) bond motifs is 1. The zero-order chi connectivity index (χ0) is 25.1. The van der Waals surface area contributed by atoms with Gasteiger partial charge in [-0.15, -0.1) is 0 Å². The SMILES string of the molecule is CCCCN(CCO)c1ccc(N=Nc2sc3cc(OC)ccc3[n+]2C)cc1.COS(=O)(=O)[O-]. The van der Waals surface area contributed by atoms with Crippen LogP contribution in [0.1, 0.15) is 19.8 Å². The molecule has 3 aromatic rings. The average molecular weight is 511 g/mol. The number of hydrogen-bond acceptors (Lipinski definition) is 10. The zero-order valence-corrected chi connectivity index (χ0v) is 21.3. The van der Waals surface area contributed by atoms with Gasteiger partial charge in [0.1, 0.15) is 17.0 Å². The lowest BCUT2D eigenvalue weighted by Gasteiger charge is -2.23. The molecule has 10 nitrogen and oxygen atoms in total. The first-order valence-corrected chi connectivity index (χ1v) is 12.7. The molecule has 0 aliphatic heterocycles. The molecule has 0 fully saturated rings. The van der Waals surface area contributed by atoms with Crippen molar-refractivity contribution >= 4 is 48.5 Å². The Kier molecular flexibility index (Phi) is 10.8. The van der Waals surface area contributed by atoms with Crippen molar-refractivity contribution in [2.24, 2.45) is 17.3 Å². The number of hydrogen-bond donors (Lipinski definition) is 1. The van der Waals surface area contributed by atoms with E-state index in [1.54, 1.807) is 18.4 Å². The Morgan fingerprint density at radius 2 is 1.79 bits per heavy atom. The van der Waals surface area contributed by atoms with E-state index in [1.165, 1.54) is 0 Å². The Labute approximate surface area is 204 Å². The third kappa shape index (κ3) is 8.29. The third-order valence-electron chi connectivity index (χ3n) is 4.84. The van der Waals surface area contributed by atoms with Crippen LogP contribution in [0.4, 0.5) is 16.5 Å². The summed E-state index contributed by atoms with van der Waals surface area (Å²) in [5.41, 5.74) is 3.00. The van der Waals surface area contributed by atoms with Crippen molar-refractivity contribution in [3.63, 3.8) is 0 Å². The molecule has 1 aromatic heterocycles. The largest absolute Gasteiger partial charge is 0.726 e. The molecular formula is C22H30N4O6S2. The number of aryl methyl sites for hydroxylation is 1. The lowest BCUT2D eigenvalue weighted by molar-refractivity contribution is -0.627. The van der Waals surface area contributed by atoms with Gasteiger partial charge in [-0.05, 0) is 59.3 Å². The molecule has 186 valence electrons. The fourth-order valence-electron chi connectivity index (χ4n) is 3.01. The van der Waals surface area contributed by atoms with Gasteiger partial charge in [0.15, 0.2) is 0 Å². The fourth-order valence-corrected chi connectivity index (χ4v) is 4.01. The van der Waals surface area contributed by atoms with Crippen LogP contribution in [-0.2, 0) is 21.6 Å². The van der Waals surface area contributed by atoms with Crippen molar-refractivity contribution in [3.8, 4) is 5.75 Å². The summed E-state index contributed by atoms with van der Waals surface area (Å²) in [6.45, 7) is 3.91. The van der Waals surface area contributed by atoms with Crippen LogP contribution < -0.4 is 14.2 Å². The molecule has 0 aliphatic carbocycles. The number of methoxy groups -OCH3 is 1. The molecular weight excluding hydrogens is 480 g/mol. The van der Waals surface area contributed by atoms with E-state index in [4.69, 9.17) is 4.74 Å². The van der Waals surface area contributed by atoms with Crippen LogP contribution >= 0.6 is 11.3 Å². The normalized spacial score (nSPS) is 11.5. The predicted octanol–water partition coefficient (Wildman–Crippen LogP) is 3.84. The second kappa shape index (κ2) is 13.3. The van der Waals surface area contributed by atoms with Crippen LogP contribution in [0.2, 0.25) is 0 Å². The van der Waals surface area contributed by atoms with Crippen LogP contribution in [0.25, 0.3) is 10.2 Å². The highest BCUT2D eigenvalue weighted by atomic mass is 32.3. The highest BCUT2D eigenvalue weighted by Gasteiger charge is 2.16. The summed E-state index contributed by atoms with van der Waals surface area (Å²) < 4.78 is 39.5. The maximum atomic E-state index is 9.30. The molecule has 0 aliphatic rings. The number of ether oxygens (including phenoxy) is 1. The highest BCUT2D eigenvalue weighted by Crippen LogP contribution is 2.30. The first-order valence-electron chi connectivity index (χ1n) is 10.6. The number of rotatable bonds is 10. The number of aliphatic hydroxyl groups is 1. The Morgan fingerprint density at radius 1 is 1.12 bits per heavy atom. The number of azo groups is 1. The topological polar surface area (TPSA) is 128 Å². The van der Waals surface area contributed by atoms with E-state index in [0.717, 1.165) is 59.0 Å². The molecule has 12 heteroatoms. The van der Waals surface area contributed by atoms with Crippen molar-refractivity contribution in [1.82, 2.24) is 0 Å². The summed E-state index contributed by atoms with van der Waals surface area (Å²) in [6.07, 6.45) is 2.24. The molecule has 1 N–H and O–H groups in total. The van der Waals surface area contributed by atoms with E-state index in [0.29, 0.717) is 6.54 Å². The Bertz CT molecular complexity index is 1180. The van der Waals surface area contributed by atoms with Crippen LogP contribution in [0.15, 0.2) is 52.7 Å². The van der Waals surface area contributed by atoms with Crippen molar-refractivity contribution < 1.29 is 31.6 Å². The van der Waals surface area contributed by atoms with Gasteiger partial charge in [-0.1, -0.05) is 13.3 Å². The number of aliphatic hydroxyl groups excluding tert-OH is 1. The van der Waals surface area contributed by atoms with E-state index < -0.39 is 10.4 Å². The Balaban J connectivity index is 0.000000604. The van der Waals surface area contributed by atoms with Gasteiger partial charge in [0.2, 0.25) is 10.4 Å². The summed E-state index contributed by atoms with van der Waals surface area (Å²) in [5.74, 6) is 0.837.